The number of carbonyl (C=O) groups excluding carboxylic acids is 2. The van der Waals surface area contributed by atoms with E-state index in [4.69, 9.17) is 4.74 Å². The normalized spacial score (nSPS) is 23.4. The summed E-state index contributed by atoms with van der Waals surface area (Å²) in [5.74, 6) is 1.84. The third-order valence-electron chi connectivity index (χ3n) is 5.75. The van der Waals surface area contributed by atoms with Crippen molar-refractivity contribution in [3.05, 3.63) is 41.4 Å². The summed E-state index contributed by atoms with van der Waals surface area (Å²) >= 11 is 1.38. The molecule has 142 valence electrons. The van der Waals surface area contributed by atoms with Crippen LogP contribution in [0.5, 0.6) is 0 Å². The summed E-state index contributed by atoms with van der Waals surface area (Å²) < 4.78 is 5.46. The Labute approximate surface area is 163 Å². The molecule has 2 saturated carbocycles. The van der Waals surface area contributed by atoms with Gasteiger partial charge in [-0.15, -0.1) is 11.3 Å². The predicted molar refractivity (Wildman–Crippen MR) is 105 cm³/mol. The number of hydrogen-bond donors (Lipinski definition) is 0. The van der Waals surface area contributed by atoms with E-state index in [2.05, 4.69) is 4.98 Å². The second kappa shape index (κ2) is 7.80. The molecule has 1 amide bonds. The molecule has 1 heterocycles. The minimum absolute atomic E-state index is 0.101. The van der Waals surface area contributed by atoms with Crippen LogP contribution in [-0.4, -0.2) is 16.9 Å². The van der Waals surface area contributed by atoms with Gasteiger partial charge in [-0.2, -0.15) is 0 Å². The van der Waals surface area contributed by atoms with E-state index in [0.717, 1.165) is 17.5 Å². The van der Waals surface area contributed by atoms with E-state index >= 15 is 0 Å². The molecule has 2 aliphatic carbocycles. The Morgan fingerprint density at radius 2 is 2.04 bits per heavy atom. The largest absolute Gasteiger partial charge is 0.459 e. The maximum Gasteiger partial charge on any atom is 0.306 e. The highest BCUT2D eigenvalue weighted by atomic mass is 32.1. The second-order valence-corrected chi connectivity index (χ2v) is 8.45. The highest BCUT2D eigenvalue weighted by Gasteiger charge is 2.40. The fourth-order valence-electron chi connectivity index (χ4n) is 4.52. The van der Waals surface area contributed by atoms with Gasteiger partial charge in [0, 0.05) is 18.7 Å². The molecule has 1 aromatic heterocycles. The first-order valence-corrected chi connectivity index (χ1v) is 10.4. The second-order valence-electron chi connectivity index (χ2n) is 7.61. The first-order chi connectivity index (χ1) is 13.1. The van der Waals surface area contributed by atoms with Crippen LogP contribution in [-0.2, 0) is 20.9 Å². The van der Waals surface area contributed by atoms with Gasteiger partial charge in [-0.05, 0) is 49.1 Å². The van der Waals surface area contributed by atoms with E-state index < -0.39 is 0 Å². The van der Waals surface area contributed by atoms with Gasteiger partial charge < -0.3 is 4.74 Å². The van der Waals surface area contributed by atoms with E-state index in [1.54, 1.807) is 4.90 Å². The van der Waals surface area contributed by atoms with E-state index in [0.29, 0.717) is 23.2 Å². The average Bonchev–Trinajstić information content (AvgIpc) is 3.38. The topological polar surface area (TPSA) is 59.5 Å². The Hall–Kier alpha value is -2.21. The molecule has 2 aromatic rings. The number of rotatable bonds is 6. The molecule has 0 unspecified atom stereocenters. The molecule has 2 fully saturated rings. The lowest BCUT2D eigenvalue weighted by atomic mass is 9.86. The Morgan fingerprint density at radius 1 is 1.22 bits per heavy atom. The summed E-state index contributed by atoms with van der Waals surface area (Å²) in [4.78, 5) is 30.4. The quantitative estimate of drug-likeness (QED) is 0.678. The van der Waals surface area contributed by atoms with Crippen molar-refractivity contribution in [2.75, 3.05) is 4.90 Å². The van der Waals surface area contributed by atoms with Crippen molar-refractivity contribution in [1.29, 1.82) is 0 Å². The Bertz CT molecular complexity index is 820. The summed E-state index contributed by atoms with van der Waals surface area (Å²) in [6.45, 7) is 1.68. The Morgan fingerprint density at radius 3 is 2.70 bits per heavy atom. The van der Waals surface area contributed by atoms with Crippen LogP contribution in [0.25, 0.3) is 0 Å². The number of ether oxygens (including phenoxy) is 1. The minimum Gasteiger partial charge on any atom is -0.459 e. The number of para-hydroxylation sites is 1. The zero-order valence-electron chi connectivity index (χ0n) is 15.5. The van der Waals surface area contributed by atoms with Crippen LogP contribution in [0.3, 0.4) is 0 Å². The van der Waals surface area contributed by atoms with Gasteiger partial charge >= 0.3 is 5.97 Å². The number of fused-ring (bicyclic) bond motifs is 2. The van der Waals surface area contributed by atoms with Gasteiger partial charge in [-0.1, -0.05) is 24.6 Å². The molecule has 5 nitrogen and oxygen atoms in total. The fraction of sp³-hybridized carbons (Fsp3) is 0.476. The summed E-state index contributed by atoms with van der Waals surface area (Å²) in [7, 11) is 0. The first kappa shape index (κ1) is 18.2. The van der Waals surface area contributed by atoms with Crippen molar-refractivity contribution in [3.63, 3.8) is 0 Å². The summed E-state index contributed by atoms with van der Waals surface area (Å²) in [5.41, 5.74) is 1.46. The van der Waals surface area contributed by atoms with Crippen LogP contribution in [0, 0.1) is 17.8 Å². The van der Waals surface area contributed by atoms with Crippen LogP contribution in [0.4, 0.5) is 10.8 Å². The minimum atomic E-state index is -0.131. The lowest BCUT2D eigenvalue weighted by Crippen LogP contribution is -2.22. The third-order valence-corrected chi connectivity index (χ3v) is 6.63. The van der Waals surface area contributed by atoms with E-state index in [9.17, 15) is 9.59 Å². The molecular formula is C21H24N2O3S. The summed E-state index contributed by atoms with van der Waals surface area (Å²) in [6.07, 6.45) is 5.63. The number of hydrogen-bond acceptors (Lipinski definition) is 5. The molecule has 0 aliphatic heterocycles. The third kappa shape index (κ3) is 4.05. The van der Waals surface area contributed by atoms with Crippen LogP contribution >= 0.6 is 11.3 Å². The molecule has 4 rings (SSSR count). The number of amides is 1. The molecule has 6 heteroatoms. The van der Waals surface area contributed by atoms with Gasteiger partial charge in [0.05, 0.1) is 11.4 Å². The molecule has 3 atom stereocenters. The highest BCUT2D eigenvalue weighted by molar-refractivity contribution is 7.14. The maximum atomic E-state index is 12.2. The molecule has 1 aromatic carbocycles. The number of anilines is 2. The van der Waals surface area contributed by atoms with Crippen molar-refractivity contribution in [1.82, 2.24) is 4.98 Å². The van der Waals surface area contributed by atoms with Crippen molar-refractivity contribution in [2.45, 2.75) is 45.6 Å². The number of nitrogens with zero attached hydrogens (tertiary/aromatic N) is 2. The van der Waals surface area contributed by atoms with E-state index in [-0.39, 0.29) is 18.5 Å². The maximum absolute atomic E-state index is 12.2. The smallest absolute Gasteiger partial charge is 0.306 e. The molecular weight excluding hydrogens is 360 g/mol. The number of esters is 1. The molecule has 27 heavy (non-hydrogen) atoms. The van der Waals surface area contributed by atoms with Crippen molar-refractivity contribution < 1.29 is 14.3 Å². The highest BCUT2D eigenvalue weighted by Crippen LogP contribution is 2.49. The van der Waals surface area contributed by atoms with Crippen LogP contribution in [0.2, 0.25) is 0 Å². The van der Waals surface area contributed by atoms with Crippen molar-refractivity contribution in [3.8, 4) is 0 Å². The molecule has 2 bridgehead atoms. The van der Waals surface area contributed by atoms with Gasteiger partial charge in [-0.25, -0.2) is 4.98 Å². The van der Waals surface area contributed by atoms with Crippen LogP contribution < -0.4 is 4.90 Å². The van der Waals surface area contributed by atoms with Gasteiger partial charge in [0.15, 0.2) is 5.13 Å². The summed E-state index contributed by atoms with van der Waals surface area (Å²) in [5, 5.41) is 2.44. The lowest BCUT2D eigenvalue weighted by Gasteiger charge is -2.20. The van der Waals surface area contributed by atoms with Crippen LogP contribution in [0.1, 0.15) is 44.7 Å². The molecule has 2 aliphatic rings. The van der Waals surface area contributed by atoms with Crippen molar-refractivity contribution in [2.24, 2.45) is 17.8 Å². The molecule has 0 radical (unpaired) electrons. The SMILES string of the molecule is CC(=O)N(c1ccccc1)c1nc(COC(=O)C[C@H]2C[C@H]3CC[C@@H]2C3)cs1. The van der Waals surface area contributed by atoms with Gasteiger partial charge in [0.2, 0.25) is 5.91 Å². The average molecular weight is 385 g/mol. The molecule has 0 spiro atoms. The lowest BCUT2D eigenvalue weighted by molar-refractivity contribution is -0.146. The van der Waals surface area contributed by atoms with Gasteiger partial charge in [0.1, 0.15) is 6.61 Å². The predicted octanol–water partition coefficient (Wildman–Crippen LogP) is 4.70. The number of aromatic nitrogens is 1. The zero-order chi connectivity index (χ0) is 18.8. The number of benzene rings is 1. The number of carbonyl (C=O) groups is 2. The van der Waals surface area contributed by atoms with E-state index in [1.807, 2.05) is 35.7 Å². The summed E-state index contributed by atoms with van der Waals surface area (Å²) in [6, 6.07) is 9.43. The Kier molecular flexibility index (Phi) is 5.25. The first-order valence-electron chi connectivity index (χ1n) is 9.56. The number of thiazole rings is 1. The van der Waals surface area contributed by atoms with Crippen molar-refractivity contribution >= 4 is 34.0 Å². The van der Waals surface area contributed by atoms with Gasteiger partial charge in [0.25, 0.3) is 0 Å². The van der Waals surface area contributed by atoms with Crippen LogP contribution in [0.15, 0.2) is 35.7 Å². The zero-order valence-corrected chi connectivity index (χ0v) is 16.3. The standard InChI is InChI=1S/C21H24N2O3S/c1-14(24)23(19-5-3-2-4-6-19)21-22-18(13-27-21)12-26-20(25)11-17-10-15-7-8-16(17)9-15/h2-6,13,15-17H,7-12H2,1H3/t15-,16+,17+/m0/s1. The molecule has 0 saturated heterocycles. The Balaban J connectivity index is 1.35. The monoisotopic (exact) mass is 384 g/mol. The molecule has 0 N–H and O–H groups in total. The van der Waals surface area contributed by atoms with Gasteiger partial charge in [-0.3, -0.25) is 14.5 Å². The van der Waals surface area contributed by atoms with E-state index in [1.165, 1.54) is 43.9 Å². The fourth-order valence-corrected chi connectivity index (χ4v) is 5.39.